The molecule has 174 valence electrons. The maximum Gasteiger partial charge on any atom is 0.329 e. The topological polar surface area (TPSA) is 109 Å². The highest BCUT2D eigenvalue weighted by Crippen LogP contribution is 2.25. The van der Waals surface area contributed by atoms with Crippen LogP contribution in [0.2, 0.25) is 10.0 Å². The number of nitrogens with one attached hydrogen (secondary N) is 3. The van der Waals surface area contributed by atoms with E-state index < -0.39 is 11.8 Å². The Bertz CT molecular complexity index is 1210. The summed E-state index contributed by atoms with van der Waals surface area (Å²) in [4.78, 5) is 35.8. The predicted molar refractivity (Wildman–Crippen MR) is 133 cm³/mol. The molecule has 0 spiro atoms. The zero-order chi connectivity index (χ0) is 24.5. The molecule has 3 amide bonds. The van der Waals surface area contributed by atoms with Gasteiger partial charge in [-0.25, -0.2) is 5.43 Å². The molecule has 3 aromatic carbocycles. The van der Waals surface area contributed by atoms with Crippen LogP contribution in [0.25, 0.3) is 0 Å². The van der Waals surface area contributed by atoms with Crippen LogP contribution in [0.4, 0.5) is 11.4 Å². The van der Waals surface area contributed by atoms with E-state index >= 15 is 0 Å². The van der Waals surface area contributed by atoms with Gasteiger partial charge in [-0.15, -0.1) is 0 Å². The fourth-order valence-corrected chi connectivity index (χ4v) is 3.07. The molecule has 0 aliphatic rings. The molecule has 0 radical (unpaired) electrons. The number of nitrogens with zero attached hydrogens (tertiary/aromatic N) is 1. The number of anilines is 2. The zero-order valence-corrected chi connectivity index (χ0v) is 19.5. The van der Waals surface area contributed by atoms with E-state index in [0.717, 1.165) is 5.56 Å². The maximum atomic E-state index is 12.1. The van der Waals surface area contributed by atoms with E-state index in [4.69, 9.17) is 27.9 Å². The Hall–Kier alpha value is -3.88. The first-order chi connectivity index (χ1) is 16.3. The SMILES string of the molecule is Cc1ccc(NC(=O)C(=O)N/N=C/c2ccc(OCC(=O)Nc3ccc(Cl)cc3Cl)cc2)cc1. The van der Waals surface area contributed by atoms with Gasteiger partial charge in [0.25, 0.3) is 5.91 Å². The molecule has 3 N–H and O–H groups in total. The van der Waals surface area contributed by atoms with E-state index in [9.17, 15) is 14.4 Å². The van der Waals surface area contributed by atoms with Gasteiger partial charge in [0.05, 0.1) is 16.9 Å². The van der Waals surface area contributed by atoms with Crippen LogP contribution in [-0.2, 0) is 14.4 Å². The maximum absolute atomic E-state index is 12.1. The molecule has 0 bridgehead atoms. The van der Waals surface area contributed by atoms with Crippen molar-refractivity contribution in [1.29, 1.82) is 0 Å². The van der Waals surface area contributed by atoms with Crippen molar-refractivity contribution >= 4 is 58.5 Å². The Morgan fingerprint density at radius 1 is 0.912 bits per heavy atom. The van der Waals surface area contributed by atoms with Crippen molar-refractivity contribution in [3.8, 4) is 5.75 Å². The summed E-state index contributed by atoms with van der Waals surface area (Å²) in [6, 6.07) is 18.4. The number of amides is 3. The highest BCUT2D eigenvalue weighted by atomic mass is 35.5. The molecule has 10 heteroatoms. The lowest BCUT2D eigenvalue weighted by molar-refractivity contribution is -0.136. The van der Waals surface area contributed by atoms with Crippen LogP contribution in [0.1, 0.15) is 11.1 Å². The Kier molecular flexibility index (Phi) is 8.61. The smallest absolute Gasteiger partial charge is 0.329 e. The van der Waals surface area contributed by atoms with E-state index in [2.05, 4.69) is 21.2 Å². The van der Waals surface area contributed by atoms with Gasteiger partial charge < -0.3 is 15.4 Å². The fourth-order valence-electron chi connectivity index (χ4n) is 2.62. The Morgan fingerprint density at radius 2 is 1.62 bits per heavy atom. The third kappa shape index (κ3) is 7.61. The average molecular weight is 499 g/mol. The van der Waals surface area contributed by atoms with E-state index in [0.29, 0.717) is 32.7 Å². The minimum atomic E-state index is -0.899. The number of carbonyl (C=O) groups excluding carboxylic acids is 3. The number of hydrogen-bond acceptors (Lipinski definition) is 5. The number of aryl methyl sites for hydroxylation is 1. The van der Waals surface area contributed by atoms with Crippen molar-refractivity contribution in [2.45, 2.75) is 6.92 Å². The lowest BCUT2D eigenvalue weighted by atomic mass is 10.2. The van der Waals surface area contributed by atoms with Gasteiger partial charge in [-0.05, 0) is 67.1 Å². The summed E-state index contributed by atoms with van der Waals surface area (Å²) in [6.45, 7) is 1.69. The van der Waals surface area contributed by atoms with Crippen LogP contribution in [0, 0.1) is 6.92 Å². The van der Waals surface area contributed by atoms with E-state index in [1.807, 2.05) is 19.1 Å². The Balaban J connectivity index is 1.43. The van der Waals surface area contributed by atoms with Gasteiger partial charge in [0.1, 0.15) is 5.75 Å². The molecule has 3 rings (SSSR count). The van der Waals surface area contributed by atoms with Crippen molar-refractivity contribution in [2.75, 3.05) is 17.2 Å². The molecule has 0 aromatic heterocycles. The number of benzene rings is 3. The number of rotatable bonds is 7. The summed E-state index contributed by atoms with van der Waals surface area (Å²) in [5.41, 5.74) is 4.78. The lowest BCUT2D eigenvalue weighted by Gasteiger charge is -2.09. The number of hydrogen-bond donors (Lipinski definition) is 3. The second-order valence-electron chi connectivity index (χ2n) is 7.05. The highest BCUT2D eigenvalue weighted by Gasteiger charge is 2.12. The van der Waals surface area contributed by atoms with Gasteiger partial charge in [0.2, 0.25) is 0 Å². The van der Waals surface area contributed by atoms with Crippen LogP contribution in [0.3, 0.4) is 0 Å². The summed E-state index contributed by atoms with van der Waals surface area (Å²) in [5, 5.41) is 9.68. The van der Waals surface area contributed by atoms with Gasteiger partial charge in [-0.3, -0.25) is 14.4 Å². The predicted octanol–water partition coefficient (Wildman–Crippen LogP) is 4.41. The minimum absolute atomic E-state index is 0.224. The van der Waals surface area contributed by atoms with Gasteiger partial charge in [0.15, 0.2) is 6.61 Å². The summed E-state index contributed by atoms with van der Waals surface area (Å²) < 4.78 is 5.45. The minimum Gasteiger partial charge on any atom is -0.484 e. The van der Waals surface area contributed by atoms with Gasteiger partial charge in [-0.1, -0.05) is 40.9 Å². The molecule has 0 heterocycles. The average Bonchev–Trinajstić information content (AvgIpc) is 2.81. The van der Waals surface area contributed by atoms with Gasteiger partial charge in [0, 0.05) is 10.7 Å². The van der Waals surface area contributed by atoms with Crippen molar-refractivity contribution in [2.24, 2.45) is 5.10 Å². The van der Waals surface area contributed by atoms with Crippen molar-refractivity contribution < 1.29 is 19.1 Å². The largest absolute Gasteiger partial charge is 0.484 e. The van der Waals surface area contributed by atoms with Crippen molar-refractivity contribution in [3.63, 3.8) is 0 Å². The molecule has 0 fully saturated rings. The summed E-state index contributed by atoms with van der Waals surface area (Å²) in [7, 11) is 0. The van der Waals surface area contributed by atoms with Crippen LogP contribution < -0.4 is 20.8 Å². The Morgan fingerprint density at radius 3 is 2.29 bits per heavy atom. The molecule has 0 saturated heterocycles. The molecule has 3 aromatic rings. The normalized spacial score (nSPS) is 10.6. The molecular formula is C24H20Cl2N4O4. The Labute approximate surface area is 205 Å². The summed E-state index contributed by atoms with van der Waals surface area (Å²) >= 11 is 11.9. The third-order valence-corrected chi connectivity index (χ3v) is 4.90. The molecular weight excluding hydrogens is 479 g/mol. The third-order valence-electron chi connectivity index (χ3n) is 4.35. The molecule has 0 aliphatic carbocycles. The molecule has 0 aliphatic heterocycles. The molecule has 0 saturated carbocycles. The summed E-state index contributed by atoms with van der Waals surface area (Å²) in [6.07, 6.45) is 1.37. The standard InChI is InChI=1S/C24H20Cl2N4O4/c1-15-2-7-18(8-3-15)28-23(32)24(33)30-27-13-16-4-9-19(10-5-16)34-14-22(31)29-21-11-6-17(25)12-20(21)26/h2-13H,14H2,1H3,(H,28,32)(H,29,31)(H,30,33)/b27-13+. The zero-order valence-electron chi connectivity index (χ0n) is 18.0. The molecule has 0 atom stereocenters. The quantitative estimate of drug-likeness (QED) is 0.254. The van der Waals surface area contributed by atoms with E-state index in [1.165, 1.54) is 12.3 Å². The first kappa shape index (κ1) is 24.8. The second kappa shape index (κ2) is 11.8. The highest BCUT2D eigenvalue weighted by molar-refractivity contribution is 6.39. The number of halogens is 2. The van der Waals surface area contributed by atoms with Crippen LogP contribution in [-0.4, -0.2) is 30.5 Å². The number of carbonyl (C=O) groups is 3. The van der Waals surface area contributed by atoms with E-state index in [-0.39, 0.29) is 12.5 Å². The van der Waals surface area contributed by atoms with Gasteiger partial charge >= 0.3 is 11.8 Å². The van der Waals surface area contributed by atoms with Crippen molar-refractivity contribution in [1.82, 2.24) is 5.43 Å². The monoisotopic (exact) mass is 498 g/mol. The van der Waals surface area contributed by atoms with E-state index in [1.54, 1.807) is 48.5 Å². The number of ether oxygens (including phenoxy) is 1. The first-order valence-electron chi connectivity index (χ1n) is 9.99. The molecule has 8 nitrogen and oxygen atoms in total. The second-order valence-corrected chi connectivity index (χ2v) is 7.89. The molecule has 34 heavy (non-hydrogen) atoms. The van der Waals surface area contributed by atoms with Crippen molar-refractivity contribution in [3.05, 3.63) is 87.9 Å². The fraction of sp³-hybridized carbons (Fsp3) is 0.0833. The van der Waals surface area contributed by atoms with Gasteiger partial charge in [-0.2, -0.15) is 5.10 Å². The lowest BCUT2D eigenvalue weighted by Crippen LogP contribution is -2.32. The van der Waals surface area contributed by atoms with Crippen LogP contribution in [0.5, 0.6) is 5.75 Å². The number of hydrazone groups is 1. The molecule has 0 unspecified atom stereocenters. The summed E-state index contributed by atoms with van der Waals surface area (Å²) in [5.74, 6) is -1.66. The van der Waals surface area contributed by atoms with Crippen LogP contribution >= 0.6 is 23.2 Å². The van der Waals surface area contributed by atoms with Crippen LogP contribution in [0.15, 0.2) is 71.8 Å². The first-order valence-corrected chi connectivity index (χ1v) is 10.7.